The van der Waals surface area contributed by atoms with Crippen LogP contribution < -0.4 is 5.32 Å². The van der Waals surface area contributed by atoms with Crippen molar-refractivity contribution in [2.24, 2.45) is 0 Å². The second kappa shape index (κ2) is 6.87. The van der Waals surface area contributed by atoms with Gasteiger partial charge in [-0.25, -0.2) is 8.42 Å². The Morgan fingerprint density at radius 2 is 1.95 bits per heavy atom. The van der Waals surface area contributed by atoms with Gasteiger partial charge in [0.25, 0.3) is 10.0 Å². The fourth-order valence-corrected chi connectivity index (χ4v) is 3.98. The molecule has 0 bridgehead atoms. The summed E-state index contributed by atoms with van der Waals surface area (Å²) >= 11 is 0. The number of H-pyrrole nitrogens is 1. The van der Waals surface area contributed by atoms with Crippen LogP contribution in [0.5, 0.6) is 0 Å². The lowest BCUT2D eigenvalue weighted by atomic mass is 10.2. The lowest BCUT2D eigenvalue weighted by Crippen LogP contribution is -2.47. The van der Waals surface area contributed by atoms with E-state index in [1.54, 1.807) is 0 Å². The summed E-state index contributed by atoms with van der Waals surface area (Å²) in [5, 5.41) is 10.3. The fraction of sp³-hybridized carbons (Fsp3) is 0.769. The van der Waals surface area contributed by atoms with Gasteiger partial charge >= 0.3 is 0 Å². The van der Waals surface area contributed by atoms with Crippen molar-refractivity contribution < 1.29 is 8.42 Å². The highest BCUT2D eigenvalue weighted by Crippen LogP contribution is 2.21. The second-order valence-electron chi connectivity index (χ2n) is 5.52. The zero-order valence-electron chi connectivity index (χ0n) is 13.0. The first-order valence-corrected chi connectivity index (χ1v) is 8.84. The van der Waals surface area contributed by atoms with E-state index in [0.717, 1.165) is 37.3 Å². The Hall–Kier alpha value is -0.960. The SMILES string of the molecule is CCCNCc1c(S(=O)(=O)N2CCN(C)CC2)n[nH]c1C. The van der Waals surface area contributed by atoms with Crippen molar-refractivity contribution in [3.8, 4) is 0 Å². The van der Waals surface area contributed by atoms with Gasteiger partial charge in [0.2, 0.25) is 0 Å². The van der Waals surface area contributed by atoms with E-state index in [9.17, 15) is 8.42 Å². The molecule has 0 radical (unpaired) electrons. The average Bonchev–Trinajstić information content (AvgIpc) is 2.82. The van der Waals surface area contributed by atoms with E-state index in [0.29, 0.717) is 19.6 Å². The van der Waals surface area contributed by atoms with Crippen LogP contribution in [0.25, 0.3) is 0 Å². The number of nitrogens with one attached hydrogen (secondary N) is 2. The van der Waals surface area contributed by atoms with Crippen LogP contribution in [-0.4, -0.2) is 67.6 Å². The Balaban J connectivity index is 2.20. The summed E-state index contributed by atoms with van der Waals surface area (Å²) in [6.07, 6.45) is 1.01. The van der Waals surface area contributed by atoms with Crippen LogP contribution in [0.3, 0.4) is 0 Å². The Morgan fingerprint density at radius 1 is 1.29 bits per heavy atom. The fourth-order valence-electron chi connectivity index (χ4n) is 2.39. The van der Waals surface area contributed by atoms with Gasteiger partial charge in [-0.2, -0.15) is 9.40 Å². The standard InChI is InChI=1S/C13H25N5O2S/c1-4-5-14-10-12-11(2)15-16-13(12)21(19,20)18-8-6-17(3)7-9-18/h14H,4-10H2,1-3H3,(H,15,16). The van der Waals surface area contributed by atoms with Crippen molar-refractivity contribution in [2.45, 2.75) is 31.8 Å². The van der Waals surface area contributed by atoms with Gasteiger partial charge in [0, 0.05) is 44.0 Å². The van der Waals surface area contributed by atoms with Crippen LogP contribution in [0.15, 0.2) is 5.03 Å². The Morgan fingerprint density at radius 3 is 2.57 bits per heavy atom. The van der Waals surface area contributed by atoms with Crippen LogP contribution in [0.2, 0.25) is 0 Å². The van der Waals surface area contributed by atoms with Crippen LogP contribution in [-0.2, 0) is 16.6 Å². The summed E-state index contributed by atoms with van der Waals surface area (Å²) in [7, 11) is -1.51. The number of hydrogen-bond donors (Lipinski definition) is 2. The smallest absolute Gasteiger partial charge is 0.262 e. The normalized spacial score (nSPS) is 18.2. The third-order valence-electron chi connectivity index (χ3n) is 3.81. The molecule has 8 heteroatoms. The first-order valence-electron chi connectivity index (χ1n) is 7.40. The number of aromatic amines is 1. The predicted molar refractivity (Wildman–Crippen MR) is 81.6 cm³/mol. The summed E-state index contributed by atoms with van der Waals surface area (Å²) in [5.74, 6) is 0. The van der Waals surface area contributed by atoms with E-state index in [4.69, 9.17) is 0 Å². The molecule has 0 spiro atoms. The van der Waals surface area contributed by atoms with Crippen LogP contribution in [0.1, 0.15) is 24.6 Å². The van der Waals surface area contributed by atoms with E-state index in [2.05, 4.69) is 27.3 Å². The highest BCUT2D eigenvalue weighted by atomic mass is 32.2. The Bertz CT molecular complexity index is 561. The molecular formula is C13H25N5O2S. The van der Waals surface area contributed by atoms with E-state index >= 15 is 0 Å². The highest BCUT2D eigenvalue weighted by Gasteiger charge is 2.32. The molecule has 0 atom stereocenters. The average molecular weight is 315 g/mol. The number of nitrogens with zero attached hydrogens (tertiary/aromatic N) is 3. The van der Waals surface area contributed by atoms with Crippen molar-refractivity contribution in [3.05, 3.63) is 11.3 Å². The molecule has 7 nitrogen and oxygen atoms in total. The van der Waals surface area contributed by atoms with Crippen molar-refractivity contribution in [1.82, 2.24) is 24.7 Å². The lowest BCUT2D eigenvalue weighted by Gasteiger charge is -2.31. The van der Waals surface area contributed by atoms with Crippen molar-refractivity contribution in [1.29, 1.82) is 0 Å². The Kier molecular flexibility index (Phi) is 5.37. The molecule has 1 aliphatic heterocycles. The minimum absolute atomic E-state index is 0.174. The molecule has 21 heavy (non-hydrogen) atoms. The molecule has 0 aromatic carbocycles. The van der Waals surface area contributed by atoms with Gasteiger partial charge in [-0.05, 0) is 26.9 Å². The summed E-state index contributed by atoms with van der Waals surface area (Å²) in [5.41, 5.74) is 1.56. The molecule has 1 saturated heterocycles. The van der Waals surface area contributed by atoms with E-state index in [1.807, 2.05) is 14.0 Å². The molecule has 1 aromatic heterocycles. The maximum Gasteiger partial charge on any atom is 0.262 e. The first-order chi connectivity index (χ1) is 9.96. The predicted octanol–water partition coefficient (Wildman–Crippen LogP) is 0.154. The molecule has 2 rings (SSSR count). The van der Waals surface area contributed by atoms with Gasteiger partial charge in [-0.1, -0.05) is 6.92 Å². The molecule has 0 aliphatic carbocycles. The van der Waals surface area contributed by atoms with Gasteiger partial charge in [0.1, 0.15) is 0 Å². The summed E-state index contributed by atoms with van der Waals surface area (Å²) in [6, 6.07) is 0. The summed E-state index contributed by atoms with van der Waals surface area (Å²) < 4.78 is 27.0. The summed E-state index contributed by atoms with van der Waals surface area (Å²) in [4.78, 5) is 2.13. The molecule has 2 N–H and O–H groups in total. The molecule has 1 aromatic rings. The molecule has 1 fully saturated rings. The molecular weight excluding hydrogens is 290 g/mol. The summed E-state index contributed by atoms with van der Waals surface area (Å²) in [6.45, 7) is 7.88. The number of aromatic nitrogens is 2. The van der Waals surface area contributed by atoms with E-state index in [-0.39, 0.29) is 5.03 Å². The van der Waals surface area contributed by atoms with Gasteiger partial charge in [0.15, 0.2) is 5.03 Å². The van der Waals surface area contributed by atoms with E-state index < -0.39 is 10.0 Å². The van der Waals surface area contributed by atoms with E-state index in [1.165, 1.54) is 4.31 Å². The van der Waals surface area contributed by atoms with Crippen LogP contribution in [0, 0.1) is 6.92 Å². The van der Waals surface area contributed by atoms with Gasteiger partial charge < -0.3 is 10.2 Å². The Labute approximate surface area is 126 Å². The molecule has 0 saturated carbocycles. The number of rotatable bonds is 6. The maximum absolute atomic E-state index is 12.8. The third kappa shape index (κ3) is 3.63. The zero-order chi connectivity index (χ0) is 15.5. The number of likely N-dealkylation sites (N-methyl/N-ethyl adjacent to an activating group) is 1. The van der Waals surface area contributed by atoms with Crippen molar-refractivity contribution >= 4 is 10.0 Å². The highest BCUT2D eigenvalue weighted by molar-refractivity contribution is 7.89. The number of aryl methyl sites for hydroxylation is 1. The molecule has 2 heterocycles. The molecule has 1 aliphatic rings. The van der Waals surface area contributed by atoms with Crippen molar-refractivity contribution in [3.63, 3.8) is 0 Å². The minimum Gasteiger partial charge on any atom is -0.313 e. The van der Waals surface area contributed by atoms with Gasteiger partial charge in [0.05, 0.1) is 0 Å². The zero-order valence-corrected chi connectivity index (χ0v) is 13.8. The topological polar surface area (TPSA) is 81.3 Å². The monoisotopic (exact) mass is 315 g/mol. The second-order valence-corrected chi connectivity index (χ2v) is 7.37. The quantitative estimate of drug-likeness (QED) is 0.731. The first kappa shape index (κ1) is 16.4. The molecule has 0 unspecified atom stereocenters. The third-order valence-corrected chi connectivity index (χ3v) is 5.68. The largest absolute Gasteiger partial charge is 0.313 e. The van der Waals surface area contributed by atoms with Gasteiger partial charge in [-0.15, -0.1) is 0 Å². The molecule has 0 amide bonds. The minimum atomic E-state index is -3.51. The van der Waals surface area contributed by atoms with Crippen LogP contribution >= 0.6 is 0 Å². The number of piperazine rings is 1. The lowest BCUT2D eigenvalue weighted by molar-refractivity contribution is 0.222. The number of hydrogen-bond acceptors (Lipinski definition) is 5. The molecule has 120 valence electrons. The van der Waals surface area contributed by atoms with Crippen LogP contribution in [0.4, 0.5) is 0 Å². The van der Waals surface area contributed by atoms with Gasteiger partial charge in [-0.3, -0.25) is 5.10 Å². The number of sulfonamides is 1. The van der Waals surface area contributed by atoms with Crippen molar-refractivity contribution in [2.75, 3.05) is 39.8 Å². The maximum atomic E-state index is 12.8.